The highest BCUT2D eigenvalue weighted by Gasteiger charge is 1.69. The Kier molecular flexibility index (Phi) is 6.31. The van der Waals surface area contributed by atoms with Crippen molar-refractivity contribution in [3.63, 3.8) is 0 Å². The molecule has 0 rings (SSSR count). The van der Waals surface area contributed by atoms with Gasteiger partial charge in [-0.05, 0) is 7.05 Å². The van der Waals surface area contributed by atoms with E-state index in [4.69, 9.17) is 5.84 Å². The van der Waals surface area contributed by atoms with Crippen molar-refractivity contribution in [2.45, 2.75) is 0 Å². The van der Waals surface area contributed by atoms with Crippen LogP contribution in [0.15, 0.2) is 12.2 Å². The fraction of sp³-hybridized carbons (Fsp3) is 0.600. The lowest BCUT2D eigenvalue weighted by Crippen LogP contribution is -2.21. The molecule has 3 nitrogen and oxygen atoms in total. The second-order valence-corrected chi connectivity index (χ2v) is 1.44. The maximum Gasteiger partial charge on any atom is 0.0279 e. The summed E-state index contributed by atoms with van der Waals surface area (Å²) < 4.78 is 0. The third-order valence-corrected chi connectivity index (χ3v) is 0.724. The van der Waals surface area contributed by atoms with Gasteiger partial charge in [-0.1, -0.05) is 12.2 Å². The first kappa shape index (κ1) is 7.62. The van der Waals surface area contributed by atoms with Gasteiger partial charge >= 0.3 is 0 Å². The minimum absolute atomic E-state index is 0.738. The molecule has 0 aromatic carbocycles. The van der Waals surface area contributed by atoms with Gasteiger partial charge in [-0.2, -0.15) is 0 Å². The Morgan fingerprint density at radius 1 is 1.38 bits per heavy atom. The zero-order chi connectivity index (χ0) is 6.24. The van der Waals surface area contributed by atoms with Crippen LogP contribution < -0.4 is 16.6 Å². The van der Waals surface area contributed by atoms with Crippen molar-refractivity contribution >= 4 is 0 Å². The van der Waals surface area contributed by atoms with Crippen molar-refractivity contribution in [2.75, 3.05) is 20.1 Å². The zero-order valence-electron chi connectivity index (χ0n) is 5.15. The minimum Gasteiger partial charge on any atom is -0.316 e. The molecule has 0 aromatic heterocycles. The van der Waals surface area contributed by atoms with Gasteiger partial charge in [0.1, 0.15) is 0 Å². The van der Waals surface area contributed by atoms with Crippen LogP contribution in [0, 0.1) is 0 Å². The van der Waals surface area contributed by atoms with E-state index in [1.54, 1.807) is 0 Å². The summed E-state index contributed by atoms with van der Waals surface area (Å²) in [5.41, 5.74) is 2.51. The Labute approximate surface area is 49.9 Å². The Hall–Kier alpha value is -0.380. The Morgan fingerprint density at radius 2 is 2.00 bits per heavy atom. The summed E-state index contributed by atoms with van der Waals surface area (Å²) >= 11 is 0. The quantitative estimate of drug-likeness (QED) is 0.256. The van der Waals surface area contributed by atoms with Crippen LogP contribution in [-0.4, -0.2) is 20.1 Å². The molecule has 48 valence electrons. The van der Waals surface area contributed by atoms with Gasteiger partial charge in [0.25, 0.3) is 0 Å². The van der Waals surface area contributed by atoms with Crippen molar-refractivity contribution < 1.29 is 0 Å². The monoisotopic (exact) mass is 115 g/mol. The predicted molar refractivity (Wildman–Crippen MR) is 35.3 cm³/mol. The summed E-state index contributed by atoms with van der Waals surface area (Å²) in [7, 11) is 1.90. The van der Waals surface area contributed by atoms with Crippen LogP contribution in [-0.2, 0) is 0 Å². The lowest BCUT2D eigenvalue weighted by Gasteiger charge is -1.88. The number of rotatable bonds is 4. The SMILES string of the molecule is CNCC=CCNN. The molecule has 0 atom stereocenters. The number of likely N-dealkylation sites (N-methyl/N-ethyl adjacent to an activating group) is 1. The molecule has 0 amide bonds. The van der Waals surface area contributed by atoms with E-state index in [-0.39, 0.29) is 0 Å². The van der Waals surface area contributed by atoms with Crippen molar-refractivity contribution in [1.82, 2.24) is 10.7 Å². The molecule has 0 heterocycles. The van der Waals surface area contributed by atoms with E-state index < -0.39 is 0 Å². The Balaban J connectivity index is 2.83. The number of nitrogens with one attached hydrogen (secondary N) is 2. The van der Waals surface area contributed by atoms with Gasteiger partial charge in [0.2, 0.25) is 0 Å². The van der Waals surface area contributed by atoms with E-state index >= 15 is 0 Å². The van der Waals surface area contributed by atoms with Gasteiger partial charge in [0.05, 0.1) is 0 Å². The molecule has 8 heavy (non-hydrogen) atoms. The number of nitrogens with two attached hydrogens (primary N) is 1. The largest absolute Gasteiger partial charge is 0.316 e. The molecule has 0 aliphatic heterocycles. The van der Waals surface area contributed by atoms with Crippen LogP contribution in [0.5, 0.6) is 0 Å². The van der Waals surface area contributed by atoms with Gasteiger partial charge in [-0.3, -0.25) is 11.3 Å². The third kappa shape index (κ3) is 5.62. The number of hydrazine groups is 1. The van der Waals surface area contributed by atoms with Crippen LogP contribution in [0.4, 0.5) is 0 Å². The molecular weight excluding hydrogens is 102 g/mol. The Morgan fingerprint density at radius 3 is 2.50 bits per heavy atom. The second kappa shape index (κ2) is 6.62. The first-order valence-electron chi connectivity index (χ1n) is 2.65. The number of hydrogen-bond donors (Lipinski definition) is 3. The second-order valence-electron chi connectivity index (χ2n) is 1.44. The van der Waals surface area contributed by atoms with Crippen molar-refractivity contribution in [3.8, 4) is 0 Å². The molecule has 0 aromatic rings. The van der Waals surface area contributed by atoms with Gasteiger partial charge < -0.3 is 5.32 Å². The summed E-state index contributed by atoms with van der Waals surface area (Å²) in [6, 6.07) is 0. The summed E-state index contributed by atoms with van der Waals surface area (Å²) in [6.45, 7) is 1.64. The highest BCUT2D eigenvalue weighted by molar-refractivity contribution is 4.84. The van der Waals surface area contributed by atoms with Crippen LogP contribution in [0.25, 0.3) is 0 Å². The summed E-state index contributed by atoms with van der Waals surface area (Å²) in [5, 5.41) is 2.97. The van der Waals surface area contributed by atoms with Crippen LogP contribution in [0.3, 0.4) is 0 Å². The van der Waals surface area contributed by atoms with E-state index in [0.29, 0.717) is 0 Å². The number of hydrogen-bond acceptors (Lipinski definition) is 3. The fourth-order valence-corrected chi connectivity index (χ4v) is 0.353. The summed E-state index contributed by atoms with van der Waals surface area (Å²) in [6.07, 6.45) is 3.98. The van der Waals surface area contributed by atoms with E-state index in [2.05, 4.69) is 10.7 Å². The smallest absolute Gasteiger partial charge is 0.0279 e. The molecule has 0 saturated heterocycles. The van der Waals surface area contributed by atoms with Crippen LogP contribution in [0.2, 0.25) is 0 Å². The van der Waals surface area contributed by atoms with Crippen molar-refractivity contribution in [2.24, 2.45) is 5.84 Å². The normalized spacial score (nSPS) is 10.8. The summed E-state index contributed by atoms with van der Waals surface area (Å²) in [4.78, 5) is 0. The summed E-state index contributed by atoms with van der Waals surface area (Å²) in [5.74, 6) is 4.99. The van der Waals surface area contributed by atoms with E-state index in [9.17, 15) is 0 Å². The van der Waals surface area contributed by atoms with Gasteiger partial charge in [-0.25, -0.2) is 0 Å². The van der Waals surface area contributed by atoms with Crippen molar-refractivity contribution in [3.05, 3.63) is 12.2 Å². The van der Waals surface area contributed by atoms with Gasteiger partial charge in [-0.15, -0.1) is 0 Å². The molecule has 3 heteroatoms. The van der Waals surface area contributed by atoms with Crippen molar-refractivity contribution in [1.29, 1.82) is 0 Å². The standard InChI is InChI=1S/C5H13N3/c1-7-4-2-3-5-8-6/h2-3,7-8H,4-6H2,1H3. The van der Waals surface area contributed by atoms with Crippen LogP contribution >= 0.6 is 0 Å². The maximum atomic E-state index is 4.99. The van der Waals surface area contributed by atoms with Gasteiger partial charge in [0, 0.05) is 13.1 Å². The highest BCUT2D eigenvalue weighted by Crippen LogP contribution is 1.63. The lowest BCUT2D eigenvalue weighted by molar-refractivity contribution is 0.818. The molecule has 0 radical (unpaired) electrons. The molecule has 0 saturated carbocycles. The molecule has 0 spiro atoms. The maximum absolute atomic E-state index is 4.99. The van der Waals surface area contributed by atoms with E-state index in [1.165, 1.54) is 0 Å². The molecule has 0 bridgehead atoms. The van der Waals surface area contributed by atoms with Gasteiger partial charge in [0.15, 0.2) is 0 Å². The molecule has 0 fully saturated rings. The first-order valence-corrected chi connectivity index (χ1v) is 2.65. The third-order valence-electron chi connectivity index (χ3n) is 0.724. The molecular formula is C5H13N3. The topological polar surface area (TPSA) is 50.1 Å². The zero-order valence-corrected chi connectivity index (χ0v) is 5.15. The lowest BCUT2D eigenvalue weighted by atomic mass is 10.5. The predicted octanol–water partition coefficient (Wildman–Crippen LogP) is -0.775. The van der Waals surface area contributed by atoms with E-state index in [0.717, 1.165) is 13.1 Å². The van der Waals surface area contributed by atoms with E-state index in [1.807, 2.05) is 19.2 Å². The molecule has 4 N–H and O–H groups in total. The molecule has 0 unspecified atom stereocenters. The Bertz CT molecular complexity index is 52.7. The minimum atomic E-state index is 0.738. The molecule has 0 aliphatic carbocycles. The highest BCUT2D eigenvalue weighted by atomic mass is 15.2. The van der Waals surface area contributed by atoms with Crippen LogP contribution in [0.1, 0.15) is 0 Å². The average molecular weight is 115 g/mol. The molecule has 0 aliphatic rings. The fourth-order valence-electron chi connectivity index (χ4n) is 0.353. The average Bonchev–Trinajstić information content (AvgIpc) is 1.81. The first-order chi connectivity index (χ1) is 3.91.